The number of likely N-dealkylation sites (tertiary alicyclic amines) is 1. The topological polar surface area (TPSA) is 59.5 Å². The van der Waals surface area contributed by atoms with Gasteiger partial charge in [-0.2, -0.15) is 0 Å². The van der Waals surface area contributed by atoms with E-state index in [1.54, 1.807) is 20.8 Å². The lowest BCUT2D eigenvalue weighted by Gasteiger charge is -2.24. The zero-order valence-electron chi connectivity index (χ0n) is 12.4. The second-order valence-electron chi connectivity index (χ2n) is 6.13. The molecular formula is C15H19FN2O3. The molecule has 0 aliphatic carbocycles. The smallest absolute Gasteiger partial charge is 0.410 e. The Morgan fingerprint density at radius 1 is 1.43 bits per heavy atom. The molecule has 0 radical (unpaired) electrons. The van der Waals surface area contributed by atoms with Crippen molar-refractivity contribution in [2.75, 3.05) is 13.1 Å². The summed E-state index contributed by atoms with van der Waals surface area (Å²) in [6.45, 7) is 6.06. The second kappa shape index (κ2) is 5.79. The number of carbonyl (C=O) groups is 2. The number of ether oxygens (including phenoxy) is 1. The fourth-order valence-electron chi connectivity index (χ4n) is 2.26. The number of Topliss-reactive ketones (excluding diaryl/α,β-unsaturated/α-hetero) is 1. The average Bonchev–Trinajstić information content (AvgIpc) is 2.86. The molecule has 1 aromatic heterocycles. The van der Waals surface area contributed by atoms with E-state index in [0.29, 0.717) is 13.0 Å². The van der Waals surface area contributed by atoms with Gasteiger partial charge in [0.1, 0.15) is 5.60 Å². The summed E-state index contributed by atoms with van der Waals surface area (Å²) in [4.78, 5) is 29.3. The monoisotopic (exact) mass is 294 g/mol. The van der Waals surface area contributed by atoms with Gasteiger partial charge in [-0.25, -0.2) is 9.18 Å². The molecule has 0 spiro atoms. The van der Waals surface area contributed by atoms with Crippen LogP contribution >= 0.6 is 0 Å². The maximum atomic E-state index is 13.6. The molecule has 0 N–H and O–H groups in total. The van der Waals surface area contributed by atoms with Crippen LogP contribution in [0.1, 0.15) is 37.6 Å². The maximum absolute atomic E-state index is 13.6. The summed E-state index contributed by atoms with van der Waals surface area (Å²) < 4.78 is 18.9. The molecule has 1 unspecified atom stereocenters. The zero-order valence-corrected chi connectivity index (χ0v) is 12.4. The van der Waals surface area contributed by atoms with Gasteiger partial charge in [0, 0.05) is 25.2 Å². The van der Waals surface area contributed by atoms with Gasteiger partial charge < -0.3 is 9.64 Å². The van der Waals surface area contributed by atoms with Crippen LogP contribution in [-0.2, 0) is 4.74 Å². The summed E-state index contributed by atoms with van der Waals surface area (Å²) in [5.74, 6) is -1.31. The summed E-state index contributed by atoms with van der Waals surface area (Å²) in [5.41, 5.74) is -0.544. The van der Waals surface area contributed by atoms with Crippen LogP contribution in [0.15, 0.2) is 18.5 Å². The van der Waals surface area contributed by atoms with Crippen LogP contribution in [-0.4, -0.2) is 40.5 Å². The van der Waals surface area contributed by atoms with E-state index in [0.717, 1.165) is 6.20 Å². The summed E-state index contributed by atoms with van der Waals surface area (Å²) in [5, 5.41) is 0. The van der Waals surface area contributed by atoms with Gasteiger partial charge in [-0.1, -0.05) is 0 Å². The van der Waals surface area contributed by atoms with Crippen molar-refractivity contribution in [1.29, 1.82) is 0 Å². The second-order valence-corrected chi connectivity index (χ2v) is 6.13. The number of ketones is 1. The molecule has 1 aromatic rings. The van der Waals surface area contributed by atoms with E-state index in [4.69, 9.17) is 4.74 Å². The number of amides is 1. The predicted molar refractivity (Wildman–Crippen MR) is 74.4 cm³/mol. The molecule has 2 heterocycles. The van der Waals surface area contributed by atoms with Crippen LogP contribution in [0.3, 0.4) is 0 Å². The first-order valence-corrected chi connectivity index (χ1v) is 6.89. The minimum absolute atomic E-state index is 0.0287. The predicted octanol–water partition coefficient (Wildman–Crippen LogP) is 2.66. The highest BCUT2D eigenvalue weighted by atomic mass is 19.1. The zero-order chi connectivity index (χ0) is 15.6. The molecule has 1 atom stereocenters. The third kappa shape index (κ3) is 3.77. The quantitative estimate of drug-likeness (QED) is 0.787. The lowest BCUT2D eigenvalue weighted by Crippen LogP contribution is -2.35. The van der Waals surface area contributed by atoms with Crippen LogP contribution in [0.25, 0.3) is 0 Å². The average molecular weight is 294 g/mol. The van der Waals surface area contributed by atoms with E-state index in [-0.39, 0.29) is 17.9 Å². The van der Waals surface area contributed by atoms with E-state index in [2.05, 4.69) is 4.98 Å². The molecular weight excluding hydrogens is 275 g/mol. The van der Waals surface area contributed by atoms with Gasteiger partial charge in [-0.05, 0) is 33.3 Å². The summed E-state index contributed by atoms with van der Waals surface area (Å²) >= 11 is 0. The molecule has 5 nitrogen and oxygen atoms in total. The first-order valence-electron chi connectivity index (χ1n) is 6.89. The number of hydrogen-bond acceptors (Lipinski definition) is 4. The van der Waals surface area contributed by atoms with Crippen molar-refractivity contribution in [3.63, 3.8) is 0 Å². The Kier molecular flexibility index (Phi) is 4.25. The molecule has 1 aliphatic heterocycles. The summed E-state index contributed by atoms with van der Waals surface area (Å²) in [6.07, 6.45) is 2.48. The van der Waals surface area contributed by atoms with Crippen LogP contribution in [0.4, 0.5) is 9.18 Å². The number of carbonyl (C=O) groups excluding carboxylic acids is 2. The van der Waals surface area contributed by atoms with Crippen LogP contribution < -0.4 is 0 Å². The summed E-state index contributed by atoms with van der Waals surface area (Å²) in [6, 6.07) is 1.37. The highest BCUT2D eigenvalue weighted by Crippen LogP contribution is 2.23. The minimum Gasteiger partial charge on any atom is -0.444 e. The Hall–Kier alpha value is -1.98. The SMILES string of the molecule is CC(C)(C)OC(=O)N1CCC(C(=O)c2ccncc2F)C1. The van der Waals surface area contributed by atoms with Crippen molar-refractivity contribution in [3.8, 4) is 0 Å². The van der Waals surface area contributed by atoms with Crippen LogP contribution in [0.2, 0.25) is 0 Å². The molecule has 1 saturated heterocycles. The summed E-state index contributed by atoms with van der Waals surface area (Å²) in [7, 11) is 0. The van der Waals surface area contributed by atoms with E-state index in [1.807, 2.05) is 0 Å². The number of aromatic nitrogens is 1. The third-order valence-corrected chi connectivity index (χ3v) is 3.25. The van der Waals surface area contributed by atoms with Gasteiger partial charge in [0.15, 0.2) is 11.6 Å². The van der Waals surface area contributed by atoms with Crippen LogP contribution in [0.5, 0.6) is 0 Å². The van der Waals surface area contributed by atoms with Gasteiger partial charge in [0.05, 0.1) is 11.8 Å². The molecule has 114 valence electrons. The van der Waals surface area contributed by atoms with Crippen LogP contribution in [0, 0.1) is 11.7 Å². The normalized spacial score (nSPS) is 18.7. The molecule has 0 saturated carbocycles. The Morgan fingerprint density at radius 2 is 2.14 bits per heavy atom. The molecule has 0 aromatic carbocycles. The highest BCUT2D eigenvalue weighted by molar-refractivity contribution is 5.98. The van der Waals surface area contributed by atoms with Gasteiger partial charge in [0.2, 0.25) is 0 Å². The fourth-order valence-corrected chi connectivity index (χ4v) is 2.26. The van der Waals surface area contributed by atoms with Crippen molar-refractivity contribution < 1.29 is 18.7 Å². The number of pyridine rings is 1. The molecule has 6 heteroatoms. The Bertz CT molecular complexity index is 554. The fraction of sp³-hybridized carbons (Fsp3) is 0.533. The number of rotatable bonds is 2. The Labute approximate surface area is 123 Å². The molecule has 1 aliphatic rings. The molecule has 1 amide bonds. The molecule has 2 rings (SSSR count). The largest absolute Gasteiger partial charge is 0.444 e. The number of nitrogens with zero attached hydrogens (tertiary/aromatic N) is 2. The first-order chi connectivity index (χ1) is 9.78. The van der Waals surface area contributed by atoms with Crippen molar-refractivity contribution in [1.82, 2.24) is 9.88 Å². The Morgan fingerprint density at radius 3 is 2.76 bits per heavy atom. The lowest BCUT2D eigenvalue weighted by atomic mass is 9.97. The molecule has 21 heavy (non-hydrogen) atoms. The van der Waals surface area contributed by atoms with Gasteiger partial charge in [0.25, 0.3) is 0 Å². The third-order valence-electron chi connectivity index (χ3n) is 3.25. The standard InChI is InChI=1S/C15H19FN2O3/c1-15(2,3)21-14(20)18-7-5-10(9-18)13(19)11-4-6-17-8-12(11)16/h4,6,8,10H,5,7,9H2,1-3H3. The van der Waals surface area contributed by atoms with Crippen molar-refractivity contribution in [2.45, 2.75) is 32.8 Å². The Balaban J connectivity index is 2.01. The molecule has 0 bridgehead atoms. The van der Waals surface area contributed by atoms with E-state index in [9.17, 15) is 14.0 Å². The van der Waals surface area contributed by atoms with E-state index < -0.39 is 23.4 Å². The minimum atomic E-state index is -0.627. The maximum Gasteiger partial charge on any atom is 0.410 e. The number of hydrogen-bond donors (Lipinski definition) is 0. The van der Waals surface area contributed by atoms with Crippen molar-refractivity contribution in [3.05, 3.63) is 29.8 Å². The highest BCUT2D eigenvalue weighted by Gasteiger charge is 2.34. The van der Waals surface area contributed by atoms with E-state index in [1.165, 1.54) is 17.2 Å². The van der Waals surface area contributed by atoms with Crippen molar-refractivity contribution in [2.24, 2.45) is 5.92 Å². The van der Waals surface area contributed by atoms with Gasteiger partial charge >= 0.3 is 6.09 Å². The van der Waals surface area contributed by atoms with Gasteiger partial charge in [-0.3, -0.25) is 9.78 Å². The van der Waals surface area contributed by atoms with Crippen molar-refractivity contribution >= 4 is 11.9 Å². The number of halogens is 1. The van der Waals surface area contributed by atoms with E-state index >= 15 is 0 Å². The first kappa shape index (κ1) is 15.4. The van der Waals surface area contributed by atoms with Gasteiger partial charge in [-0.15, -0.1) is 0 Å². The lowest BCUT2D eigenvalue weighted by molar-refractivity contribution is 0.0289. The molecule has 1 fully saturated rings.